The summed E-state index contributed by atoms with van der Waals surface area (Å²) in [6.45, 7) is 0. The number of aliphatic hydroxyl groups is 1. The predicted octanol–water partition coefficient (Wildman–Crippen LogP) is 2.71. The highest BCUT2D eigenvalue weighted by Crippen LogP contribution is 2.31. The molecule has 0 spiro atoms. The lowest BCUT2D eigenvalue weighted by molar-refractivity contribution is 0.0380. The van der Waals surface area contributed by atoms with E-state index >= 15 is 0 Å². The minimum atomic E-state index is -1.22. The number of methoxy groups -OCH3 is 1. The van der Waals surface area contributed by atoms with E-state index in [0.717, 1.165) is 5.56 Å². The van der Waals surface area contributed by atoms with Gasteiger partial charge in [0.1, 0.15) is 11.5 Å². The summed E-state index contributed by atoms with van der Waals surface area (Å²) in [6, 6.07) is 14.6. The molecule has 0 bridgehead atoms. The molecule has 3 rings (SSSR count). The average molecular weight is 296 g/mol. The quantitative estimate of drug-likeness (QED) is 0.946. The lowest BCUT2D eigenvalue weighted by atomic mass is 9.97. The molecule has 4 nitrogen and oxygen atoms in total. The number of hydrogen-bond donors (Lipinski definition) is 1. The zero-order valence-corrected chi connectivity index (χ0v) is 12.1. The van der Waals surface area contributed by atoms with E-state index in [1.165, 1.54) is 7.11 Å². The Morgan fingerprint density at radius 1 is 1.18 bits per heavy atom. The van der Waals surface area contributed by atoms with E-state index in [1.54, 1.807) is 24.3 Å². The molecule has 1 N–H and O–H groups in total. The van der Waals surface area contributed by atoms with Gasteiger partial charge in [0, 0.05) is 0 Å². The first-order valence-corrected chi connectivity index (χ1v) is 6.99. The number of Topliss-reactive ketones (excluding diaryl/α,β-unsaturated/α-hetero) is 1. The second-order valence-corrected chi connectivity index (χ2v) is 5.02. The summed E-state index contributed by atoms with van der Waals surface area (Å²) in [7, 11) is 1.53. The molecular weight excluding hydrogens is 280 g/mol. The molecule has 1 aliphatic heterocycles. The van der Waals surface area contributed by atoms with E-state index in [0.29, 0.717) is 17.1 Å². The van der Waals surface area contributed by atoms with Gasteiger partial charge in [0.15, 0.2) is 18.0 Å². The van der Waals surface area contributed by atoms with Crippen LogP contribution in [-0.2, 0) is 0 Å². The zero-order chi connectivity index (χ0) is 15.5. The van der Waals surface area contributed by atoms with E-state index in [4.69, 9.17) is 9.47 Å². The normalized spacial score (nSPS) is 20.5. The first-order valence-electron chi connectivity index (χ1n) is 6.99. The highest BCUT2D eigenvalue weighted by Gasteiger charge is 2.34. The lowest BCUT2D eigenvalue weighted by Crippen LogP contribution is -2.41. The highest BCUT2D eigenvalue weighted by molar-refractivity contribution is 6.03. The van der Waals surface area contributed by atoms with Crippen LogP contribution in [0, 0.1) is 0 Å². The summed E-state index contributed by atoms with van der Waals surface area (Å²) < 4.78 is 10.8. The van der Waals surface area contributed by atoms with Crippen LogP contribution in [0.1, 0.15) is 15.9 Å². The molecule has 0 radical (unpaired) electrons. The molecule has 2 atom stereocenters. The van der Waals surface area contributed by atoms with Crippen LogP contribution in [0.5, 0.6) is 11.5 Å². The molecular formula is C18H16O4. The molecule has 0 aliphatic carbocycles. The maximum absolute atomic E-state index is 12.3. The monoisotopic (exact) mass is 296 g/mol. The molecule has 0 saturated carbocycles. The van der Waals surface area contributed by atoms with Gasteiger partial charge in [-0.05, 0) is 29.8 Å². The van der Waals surface area contributed by atoms with E-state index in [9.17, 15) is 9.90 Å². The second-order valence-electron chi connectivity index (χ2n) is 5.02. The zero-order valence-electron chi connectivity index (χ0n) is 12.1. The largest absolute Gasteiger partial charge is 0.497 e. The van der Waals surface area contributed by atoms with Crippen molar-refractivity contribution in [1.29, 1.82) is 0 Å². The summed E-state index contributed by atoms with van der Waals surface area (Å²) in [5, 5.41) is 10.2. The van der Waals surface area contributed by atoms with Gasteiger partial charge in [-0.15, -0.1) is 0 Å². The van der Waals surface area contributed by atoms with Gasteiger partial charge in [0.05, 0.1) is 12.7 Å². The van der Waals surface area contributed by atoms with Gasteiger partial charge in [-0.1, -0.05) is 36.4 Å². The number of rotatable bonds is 3. The topological polar surface area (TPSA) is 55.8 Å². The third kappa shape index (κ3) is 2.73. The number of carbonyl (C=O) groups excluding carboxylic acids is 1. The molecule has 22 heavy (non-hydrogen) atoms. The molecule has 2 aromatic carbocycles. The Morgan fingerprint density at radius 3 is 2.68 bits per heavy atom. The lowest BCUT2D eigenvalue weighted by Gasteiger charge is -2.27. The maximum Gasteiger partial charge on any atom is 0.199 e. The van der Waals surface area contributed by atoms with Crippen molar-refractivity contribution in [3.05, 3.63) is 65.7 Å². The molecule has 1 heterocycles. The average Bonchev–Trinajstić information content (AvgIpc) is 2.57. The number of aliphatic hydroxyl groups excluding tert-OH is 1. The predicted molar refractivity (Wildman–Crippen MR) is 83.2 cm³/mol. The van der Waals surface area contributed by atoms with E-state index in [1.807, 2.05) is 36.4 Å². The van der Waals surface area contributed by atoms with Crippen LogP contribution in [0.4, 0.5) is 0 Å². The van der Waals surface area contributed by atoms with Gasteiger partial charge in [0.25, 0.3) is 0 Å². The Balaban J connectivity index is 1.86. The Kier molecular flexibility index (Phi) is 3.94. The Hall–Kier alpha value is -2.59. The summed E-state index contributed by atoms with van der Waals surface area (Å²) >= 11 is 0. The van der Waals surface area contributed by atoms with Crippen molar-refractivity contribution in [3.8, 4) is 11.5 Å². The Bertz CT molecular complexity index is 706. The number of carbonyl (C=O) groups is 1. The number of fused-ring (bicyclic) bond motifs is 1. The number of ether oxygens (including phenoxy) is 2. The van der Waals surface area contributed by atoms with Gasteiger partial charge < -0.3 is 14.6 Å². The second kappa shape index (κ2) is 6.03. The smallest absolute Gasteiger partial charge is 0.199 e. The van der Waals surface area contributed by atoms with Gasteiger partial charge in [0.2, 0.25) is 0 Å². The van der Waals surface area contributed by atoms with Crippen LogP contribution in [0.25, 0.3) is 6.08 Å². The molecule has 112 valence electrons. The third-order valence-corrected chi connectivity index (χ3v) is 3.57. The fraction of sp³-hybridized carbons (Fsp3) is 0.167. The molecule has 0 amide bonds. The van der Waals surface area contributed by atoms with E-state index < -0.39 is 12.2 Å². The van der Waals surface area contributed by atoms with Crippen LogP contribution < -0.4 is 9.47 Å². The summed E-state index contributed by atoms with van der Waals surface area (Å²) in [5.41, 5.74) is 1.32. The van der Waals surface area contributed by atoms with Crippen LogP contribution in [-0.4, -0.2) is 30.2 Å². The molecule has 0 fully saturated rings. The van der Waals surface area contributed by atoms with Gasteiger partial charge in [-0.3, -0.25) is 4.79 Å². The maximum atomic E-state index is 12.3. The highest BCUT2D eigenvalue weighted by atomic mass is 16.5. The van der Waals surface area contributed by atoms with Crippen molar-refractivity contribution in [1.82, 2.24) is 0 Å². The SMILES string of the molecule is COc1ccc2c(c1)C(=O)[C@H](O)[C@@H](/C=C/c1ccccc1)O2. The van der Waals surface area contributed by atoms with Crippen molar-refractivity contribution in [3.63, 3.8) is 0 Å². The fourth-order valence-electron chi connectivity index (χ4n) is 2.37. The third-order valence-electron chi connectivity index (χ3n) is 3.57. The van der Waals surface area contributed by atoms with Crippen LogP contribution >= 0.6 is 0 Å². The van der Waals surface area contributed by atoms with E-state index in [-0.39, 0.29) is 5.78 Å². The first-order chi connectivity index (χ1) is 10.7. The van der Waals surface area contributed by atoms with Crippen LogP contribution in [0.15, 0.2) is 54.6 Å². The van der Waals surface area contributed by atoms with Crippen LogP contribution in [0.2, 0.25) is 0 Å². The molecule has 0 saturated heterocycles. The fourth-order valence-corrected chi connectivity index (χ4v) is 2.37. The van der Waals surface area contributed by atoms with Crippen molar-refractivity contribution in [2.75, 3.05) is 7.11 Å². The summed E-state index contributed by atoms with van der Waals surface area (Å²) in [4.78, 5) is 12.3. The van der Waals surface area contributed by atoms with Crippen molar-refractivity contribution >= 4 is 11.9 Å². The summed E-state index contributed by atoms with van der Waals surface area (Å²) in [5.74, 6) is 0.655. The molecule has 4 heteroatoms. The number of ketones is 1. The first kappa shape index (κ1) is 14.4. The molecule has 2 aromatic rings. The van der Waals surface area contributed by atoms with Crippen molar-refractivity contribution < 1.29 is 19.4 Å². The standard InChI is InChI=1S/C18H16O4/c1-21-13-8-10-15-14(11-13)17(19)18(20)16(22-15)9-7-12-5-3-2-4-6-12/h2-11,16,18,20H,1H3/b9-7+/t16-,18-/m1/s1. The Labute approximate surface area is 128 Å². The van der Waals surface area contributed by atoms with Gasteiger partial charge in [-0.25, -0.2) is 0 Å². The minimum Gasteiger partial charge on any atom is -0.497 e. The van der Waals surface area contributed by atoms with Crippen molar-refractivity contribution in [2.45, 2.75) is 12.2 Å². The summed E-state index contributed by atoms with van der Waals surface area (Å²) in [6.07, 6.45) is 1.61. The Morgan fingerprint density at radius 2 is 1.95 bits per heavy atom. The van der Waals surface area contributed by atoms with Gasteiger partial charge >= 0.3 is 0 Å². The van der Waals surface area contributed by atoms with Crippen molar-refractivity contribution in [2.24, 2.45) is 0 Å². The minimum absolute atomic E-state index is 0.344. The van der Waals surface area contributed by atoms with E-state index in [2.05, 4.69) is 0 Å². The van der Waals surface area contributed by atoms with Crippen LogP contribution in [0.3, 0.4) is 0 Å². The number of benzene rings is 2. The molecule has 1 aliphatic rings. The molecule has 0 unspecified atom stereocenters. The van der Waals surface area contributed by atoms with Gasteiger partial charge in [-0.2, -0.15) is 0 Å². The molecule has 0 aromatic heterocycles. The number of hydrogen-bond acceptors (Lipinski definition) is 4.